The largest absolute Gasteiger partial charge is 0.389 e. The van der Waals surface area contributed by atoms with Crippen LogP contribution in [0.4, 0.5) is 11.5 Å². The fraction of sp³-hybridized carbons (Fsp3) is 0.600. The van der Waals surface area contributed by atoms with Crippen LogP contribution in [0.25, 0.3) is 0 Å². The number of aromatic amines is 1. The summed E-state index contributed by atoms with van der Waals surface area (Å²) >= 11 is 0. The number of nitrogens with zero attached hydrogens (tertiary/aromatic N) is 2. The van der Waals surface area contributed by atoms with Gasteiger partial charge in [-0.25, -0.2) is 4.79 Å². The van der Waals surface area contributed by atoms with E-state index in [-0.39, 0.29) is 24.6 Å². The highest BCUT2D eigenvalue weighted by molar-refractivity contribution is 5.63. The van der Waals surface area contributed by atoms with Crippen LogP contribution < -0.4 is 21.9 Å². The van der Waals surface area contributed by atoms with Gasteiger partial charge in [-0.3, -0.25) is 14.3 Å². The molecule has 0 saturated carbocycles. The summed E-state index contributed by atoms with van der Waals surface area (Å²) in [6, 6.07) is 0. The highest BCUT2D eigenvalue weighted by Gasteiger charge is 2.32. The SMILES string of the molecule is CCn1c(N)c(N2CC(O)C(O)C2)c(=O)[nH]c1=O. The quantitative estimate of drug-likeness (QED) is 0.471. The number of nitrogen functional groups attached to an aromatic ring is 1. The lowest BCUT2D eigenvalue weighted by atomic mass is 10.3. The first-order valence-electron chi connectivity index (χ1n) is 5.69. The van der Waals surface area contributed by atoms with Crippen molar-refractivity contribution in [1.29, 1.82) is 0 Å². The molecule has 1 aliphatic heterocycles. The molecule has 0 bridgehead atoms. The molecule has 0 aromatic carbocycles. The maximum absolute atomic E-state index is 11.8. The normalized spacial score (nSPS) is 23.6. The van der Waals surface area contributed by atoms with Crippen molar-refractivity contribution >= 4 is 11.5 Å². The molecule has 0 aliphatic carbocycles. The molecule has 2 heterocycles. The second-order valence-corrected chi connectivity index (χ2v) is 4.28. The Balaban J connectivity index is 2.52. The number of nitrogens with two attached hydrogens (primary N) is 1. The predicted molar refractivity (Wildman–Crippen MR) is 65.6 cm³/mol. The topological polar surface area (TPSA) is 125 Å². The smallest absolute Gasteiger partial charge is 0.330 e. The second-order valence-electron chi connectivity index (χ2n) is 4.28. The van der Waals surface area contributed by atoms with E-state index in [1.807, 2.05) is 0 Å². The molecule has 8 nitrogen and oxygen atoms in total. The van der Waals surface area contributed by atoms with Gasteiger partial charge >= 0.3 is 5.69 Å². The molecule has 1 aromatic heterocycles. The molecule has 0 amide bonds. The summed E-state index contributed by atoms with van der Waals surface area (Å²) < 4.78 is 1.23. The van der Waals surface area contributed by atoms with Crippen LogP contribution in [0.3, 0.4) is 0 Å². The molecule has 100 valence electrons. The average molecular weight is 256 g/mol. The van der Waals surface area contributed by atoms with Crippen molar-refractivity contribution in [2.75, 3.05) is 23.7 Å². The molecule has 1 fully saturated rings. The van der Waals surface area contributed by atoms with Gasteiger partial charge in [0.05, 0.1) is 12.2 Å². The average Bonchev–Trinajstić information content (AvgIpc) is 2.58. The second kappa shape index (κ2) is 4.46. The highest BCUT2D eigenvalue weighted by Crippen LogP contribution is 2.21. The Morgan fingerprint density at radius 2 is 1.89 bits per heavy atom. The number of aliphatic hydroxyl groups is 2. The Morgan fingerprint density at radius 3 is 2.39 bits per heavy atom. The summed E-state index contributed by atoms with van der Waals surface area (Å²) in [5.74, 6) is 0.0487. The number of β-amino-alcohol motifs (C(OH)–C–C–N with tert-alkyl or cyclic N) is 2. The predicted octanol–water partition coefficient (Wildman–Crippen LogP) is -2.32. The number of aliphatic hydroxyl groups excluding tert-OH is 2. The first-order chi connectivity index (χ1) is 8.45. The first-order valence-corrected chi connectivity index (χ1v) is 5.69. The molecule has 2 unspecified atom stereocenters. The molecule has 0 radical (unpaired) electrons. The number of hydrogen-bond donors (Lipinski definition) is 4. The molecule has 8 heteroatoms. The van der Waals surface area contributed by atoms with Crippen LogP contribution in [0.5, 0.6) is 0 Å². The van der Waals surface area contributed by atoms with E-state index in [0.29, 0.717) is 6.54 Å². The van der Waals surface area contributed by atoms with Crippen molar-refractivity contribution in [3.8, 4) is 0 Å². The summed E-state index contributed by atoms with van der Waals surface area (Å²) in [5.41, 5.74) is 4.75. The maximum atomic E-state index is 11.8. The monoisotopic (exact) mass is 256 g/mol. The summed E-state index contributed by atoms with van der Waals surface area (Å²) in [4.78, 5) is 26.9. The molecule has 1 aliphatic rings. The third-order valence-corrected chi connectivity index (χ3v) is 3.11. The molecule has 0 spiro atoms. The van der Waals surface area contributed by atoms with Gasteiger partial charge in [0.2, 0.25) is 0 Å². The molecular formula is C10H16N4O4. The van der Waals surface area contributed by atoms with Crippen molar-refractivity contribution in [3.63, 3.8) is 0 Å². The summed E-state index contributed by atoms with van der Waals surface area (Å²) in [6.45, 7) is 2.27. The lowest BCUT2D eigenvalue weighted by Crippen LogP contribution is -2.37. The molecule has 2 atom stereocenters. The Kier molecular flexibility index (Phi) is 3.14. The number of anilines is 2. The zero-order valence-corrected chi connectivity index (χ0v) is 9.96. The molecule has 5 N–H and O–H groups in total. The van der Waals surface area contributed by atoms with Gasteiger partial charge < -0.3 is 20.8 Å². The van der Waals surface area contributed by atoms with Crippen molar-refractivity contribution in [2.45, 2.75) is 25.7 Å². The molecule has 1 saturated heterocycles. The number of H-pyrrole nitrogens is 1. The number of hydrogen-bond acceptors (Lipinski definition) is 6. The van der Waals surface area contributed by atoms with E-state index >= 15 is 0 Å². The number of rotatable bonds is 2. The van der Waals surface area contributed by atoms with Gasteiger partial charge in [0.1, 0.15) is 11.5 Å². The highest BCUT2D eigenvalue weighted by atomic mass is 16.3. The third kappa shape index (κ3) is 1.89. The number of aromatic nitrogens is 2. The summed E-state index contributed by atoms with van der Waals surface area (Å²) in [6.07, 6.45) is -1.85. The Bertz CT molecular complexity index is 554. The van der Waals surface area contributed by atoms with Crippen LogP contribution in [0, 0.1) is 0 Å². The van der Waals surface area contributed by atoms with Gasteiger partial charge in [-0.05, 0) is 6.92 Å². The molecular weight excluding hydrogens is 240 g/mol. The summed E-state index contributed by atoms with van der Waals surface area (Å²) in [7, 11) is 0. The Hall–Kier alpha value is -1.80. The zero-order chi connectivity index (χ0) is 13.4. The molecule has 18 heavy (non-hydrogen) atoms. The minimum Gasteiger partial charge on any atom is -0.389 e. The van der Waals surface area contributed by atoms with E-state index < -0.39 is 23.5 Å². The van der Waals surface area contributed by atoms with E-state index in [0.717, 1.165) is 0 Å². The zero-order valence-electron chi connectivity index (χ0n) is 9.96. The third-order valence-electron chi connectivity index (χ3n) is 3.11. The van der Waals surface area contributed by atoms with E-state index in [9.17, 15) is 19.8 Å². The Morgan fingerprint density at radius 1 is 1.33 bits per heavy atom. The standard InChI is InChI=1S/C10H16N4O4/c1-2-14-8(11)7(9(17)12-10(14)18)13-3-5(15)6(16)4-13/h5-6,15-16H,2-4,11H2,1H3,(H,12,17,18). The van der Waals surface area contributed by atoms with Crippen LogP contribution in [0.15, 0.2) is 9.59 Å². The van der Waals surface area contributed by atoms with E-state index in [1.54, 1.807) is 6.92 Å². The van der Waals surface area contributed by atoms with Gasteiger partial charge in [0.25, 0.3) is 5.56 Å². The van der Waals surface area contributed by atoms with Gasteiger partial charge in [0, 0.05) is 19.6 Å². The van der Waals surface area contributed by atoms with E-state index in [4.69, 9.17) is 5.73 Å². The minimum atomic E-state index is -0.925. The molecule has 2 rings (SSSR count). The van der Waals surface area contributed by atoms with Gasteiger partial charge in [0.15, 0.2) is 0 Å². The van der Waals surface area contributed by atoms with Gasteiger partial charge in [-0.2, -0.15) is 0 Å². The maximum Gasteiger partial charge on any atom is 0.330 e. The van der Waals surface area contributed by atoms with Crippen LogP contribution in [0.1, 0.15) is 6.92 Å². The van der Waals surface area contributed by atoms with Crippen molar-refractivity contribution < 1.29 is 10.2 Å². The van der Waals surface area contributed by atoms with Crippen molar-refractivity contribution in [1.82, 2.24) is 9.55 Å². The van der Waals surface area contributed by atoms with Crippen molar-refractivity contribution in [3.05, 3.63) is 20.8 Å². The fourth-order valence-corrected chi connectivity index (χ4v) is 2.15. The van der Waals surface area contributed by atoms with E-state index in [1.165, 1.54) is 9.47 Å². The van der Waals surface area contributed by atoms with E-state index in [2.05, 4.69) is 4.98 Å². The van der Waals surface area contributed by atoms with Crippen LogP contribution in [-0.4, -0.2) is 45.1 Å². The van der Waals surface area contributed by atoms with Crippen LogP contribution in [-0.2, 0) is 6.54 Å². The lowest BCUT2D eigenvalue weighted by molar-refractivity contribution is 0.0572. The lowest BCUT2D eigenvalue weighted by Gasteiger charge is -2.20. The fourth-order valence-electron chi connectivity index (χ4n) is 2.15. The summed E-state index contributed by atoms with van der Waals surface area (Å²) in [5, 5.41) is 19.0. The van der Waals surface area contributed by atoms with Gasteiger partial charge in [-0.15, -0.1) is 0 Å². The Labute approximate surface area is 102 Å². The van der Waals surface area contributed by atoms with Crippen LogP contribution >= 0.6 is 0 Å². The van der Waals surface area contributed by atoms with Crippen molar-refractivity contribution in [2.24, 2.45) is 0 Å². The van der Waals surface area contributed by atoms with Gasteiger partial charge in [-0.1, -0.05) is 0 Å². The minimum absolute atomic E-state index is 0.0487. The van der Waals surface area contributed by atoms with Crippen LogP contribution in [0.2, 0.25) is 0 Å². The molecule has 1 aromatic rings. The number of nitrogens with one attached hydrogen (secondary N) is 1. The first kappa shape index (κ1) is 12.7.